The lowest BCUT2D eigenvalue weighted by molar-refractivity contribution is 0.0361. The summed E-state index contributed by atoms with van der Waals surface area (Å²) in [5.74, 6) is 0.297. The van der Waals surface area contributed by atoms with Crippen LogP contribution in [0, 0.1) is 5.82 Å². The Bertz CT molecular complexity index is 1220. The van der Waals surface area contributed by atoms with E-state index in [1.54, 1.807) is 19.2 Å². The SMILES string of the molecule is Cn1c(=O)n(CCN2CCOCC2)c(=O)c2c1nc1n2CCCN1c1ccc(F)cc1. The summed E-state index contributed by atoms with van der Waals surface area (Å²) in [4.78, 5) is 35.2. The summed E-state index contributed by atoms with van der Waals surface area (Å²) in [6, 6.07) is 6.21. The van der Waals surface area contributed by atoms with Crippen LogP contribution in [0.25, 0.3) is 11.2 Å². The highest BCUT2D eigenvalue weighted by molar-refractivity contribution is 5.77. The maximum atomic E-state index is 13.4. The number of morpholine rings is 1. The average Bonchev–Trinajstić information content (AvgIpc) is 3.19. The molecule has 1 aromatic carbocycles. The van der Waals surface area contributed by atoms with Gasteiger partial charge in [-0.1, -0.05) is 0 Å². The van der Waals surface area contributed by atoms with E-state index in [1.807, 2.05) is 9.47 Å². The Kier molecular flexibility index (Phi) is 5.11. The quantitative estimate of drug-likeness (QED) is 0.615. The first-order valence-corrected chi connectivity index (χ1v) is 10.6. The van der Waals surface area contributed by atoms with Crippen molar-refractivity contribution < 1.29 is 9.13 Å². The molecule has 4 heterocycles. The Labute approximate surface area is 177 Å². The van der Waals surface area contributed by atoms with E-state index < -0.39 is 0 Å². The summed E-state index contributed by atoms with van der Waals surface area (Å²) < 4.78 is 23.4. The molecule has 1 fully saturated rings. The molecular formula is C21H25FN6O3. The number of ether oxygens (including phenoxy) is 1. The Morgan fingerprint density at radius 3 is 2.52 bits per heavy atom. The van der Waals surface area contributed by atoms with E-state index in [0.29, 0.717) is 56.5 Å². The molecule has 10 heteroatoms. The number of aromatic nitrogens is 4. The van der Waals surface area contributed by atoms with E-state index in [4.69, 9.17) is 4.74 Å². The standard InChI is InChI=1S/C21H25FN6O3/c1-24-18-17(19(29)28(21(24)30)10-9-25-11-13-31-14-12-25)27-8-2-7-26(20(27)23-18)16-5-3-15(22)4-6-16/h3-6H,2,7-14H2,1H3. The number of fused-ring (bicyclic) bond motifs is 3. The van der Waals surface area contributed by atoms with Gasteiger partial charge in [0.15, 0.2) is 11.2 Å². The minimum atomic E-state index is -0.366. The topological polar surface area (TPSA) is 77.5 Å². The molecular weight excluding hydrogens is 403 g/mol. The number of hydrogen-bond donors (Lipinski definition) is 0. The third-order valence-electron chi connectivity index (χ3n) is 6.10. The Hall–Kier alpha value is -2.98. The monoisotopic (exact) mass is 428 g/mol. The molecule has 0 aliphatic carbocycles. The molecule has 31 heavy (non-hydrogen) atoms. The van der Waals surface area contributed by atoms with Crippen LogP contribution in [0.2, 0.25) is 0 Å². The van der Waals surface area contributed by atoms with Crippen molar-refractivity contribution in [3.63, 3.8) is 0 Å². The third kappa shape index (κ3) is 3.45. The summed E-state index contributed by atoms with van der Waals surface area (Å²) in [5, 5.41) is 0. The van der Waals surface area contributed by atoms with Gasteiger partial charge in [0.2, 0.25) is 5.95 Å². The zero-order valence-electron chi connectivity index (χ0n) is 17.5. The summed E-state index contributed by atoms with van der Waals surface area (Å²) >= 11 is 0. The first kappa shape index (κ1) is 20.0. The summed E-state index contributed by atoms with van der Waals surface area (Å²) in [5.41, 5.74) is 0.934. The van der Waals surface area contributed by atoms with Gasteiger partial charge in [0.1, 0.15) is 5.82 Å². The van der Waals surface area contributed by atoms with Crippen molar-refractivity contribution in [3.05, 3.63) is 50.9 Å². The number of rotatable bonds is 4. The van der Waals surface area contributed by atoms with Gasteiger partial charge in [-0.3, -0.25) is 18.8 Å². The fourth-order valence-electron chi connectivity index (χ4n) is 4.39. The molecule has 0 radical (unpaired) electrons. The zero-order valence-corrected chi connectivity index (χ0v) is 17.5. The van der Waals surface area contributed by atoms with Crippen LogP contribution in [0.1, 0.15) is 6.42 Å². The molecule has 0 bridgehead atoms. The number of anilines is 2. The number of hydrogen-bond acceptors (Lipinski definition) is 6. The molecule has 0 unspecified atom stereocenters. The van der Waals surface area contributed by atoms with Gasteiger partial charge in [0.25, 0.3) is 5.56 Å². The number of halogens is 1. The smallest absolute Gasteiger partial charge is 0.332 e. The predicted octanol–water partition coefficient (Wildman–Crippen LogP) is 0.910. The average molecular weight is 428 g/mol. The van der Waals surface area contributed by atoms with Gasteiger partial charge < -0.3 is 14.2 Å². The lowest BCUT2D eigenvalue weighted by Crippen LogP contribution is -2.44. The highest BCUT2D eigenvalue weighted by Crippen LogP contribution is 2.30. The fraction of sp³-hybridized carbons (Fsp3) is 0.476. The van der Waals surface area contributed by atoms with Crippen molar-refractivity contribution in [1.29, 1.82) is 0 Å². The second-order valence-corrected chi connectivity index (χ2v) is 7.97. The molecule has 0 saturated carbocycles. The van der Waals surface area contributed by atoms with Gasteiger partial charge >= 0.3 is 5.69 Å². The zero-order chi connectivity index (χ0) is 21.5. The van der Waals surface area contributed by atoms with Crippen molar-refractivity contribution in [2.45, 2.75) is 19.5 Å². The van der Waals surface area contributed by atoms with Gasteiger partial charge in [-0.15, -0.1) is 0 Å². The molecule has 2 aromatic heterocycles. The highest BCUT2D eigenvalue weighted by Gasteiger charge is 2.27. The fourth-order valence-corrected chi connectivity index (χ4v) is 4.39. The van der Waals surface area contributed by atoms with Crippen LogP contribution >= 0.6 is 0 Å². The van der Waals surface area contributed by atoms with E-state index in [1.165, 1.54) is 21.3 Å². The molecule has 5 rings (SSSR count). The van der Waals surface area contributed by atoms with Crippen LogP contribution in [0.4, 0.5) is 16.0 Å². The van der Waals surface area contributed by atoms with Crippen LogP contribution in [-0.2, 0) is 24.9 Å². The maximum Gasteiger partial charge on any atom is 0.332 e. The van der Waals surface area contributed by atoms with E-state index in [-0.39, 0.29) is 17.1 Å². The molecule has 0 N–H and O–H groups in total. The van der Waals surface area contributed by atoms with Crippen LogP contribution in [-0.4, -0.2) is 63.0 Å². The molecule has 0 spiro atoms. The molecule has 0 atom stereocenters. The van der Waals surface area contributed by atoms with Gasteiger partial charge in [-0.2, -0.15) is 4.98 Å². The van der Waals surface area contributed by atoms with Crippen molar-refractivity contribution >= 4 is 22.8 Å². The van der Waals surface area contributed by atoms with E-state index in [0.717, 1.165) is 25.2 Å². The van der Waals surface area contributed by atoms with Crippen molar-refractivity contribution in [2.75, 3.05) is 44.3 Å². The van der Waals surface area contributed by atoms with Crippen molar-refractivity contribution in [3.8, 4) is 0 Å². The second-order valence-electron chi connectivity index (χ2n) is 7.97. The lowest BCUT2D eigenvalue weighted by atomic mass is 10.2. The molecule has 2 aliphatic heterocycles. The van der Waals surface area contributed by atoms with E-state index >= 15 is 0 Å². The third-order valence-corrected chi connectivity index (χ3v) is 6.10. The Morgan fingerprint density at radius 2 is 1.77 bits per heavy atom. The van der Waals surface area contributed by atoms with Crippen LogP contribution in [0.5, 0.6) is 0 Å². The Morgan fingerprint density at radius 1 is 1.03 bits per heavy atom. The van der Waals surface area contributed by atoms with Gasteiger partial charge in [-0.25, -0.2) is 9.18 Å². The summed E-state index contributed by atoms with van der Waals surface area (Å²) in [7, 11) is 1.65. The lowest BCUT2D eigenvalue weighted by Gasteiger charge is -2.29. The van der Waals surface area contributed by atoms with Crippen LogP contribution in [0.3, 0.4) is 0 Å². The first-order chi connectivity index (χ1) is 15.0. The molecule has 164 valence electrons. The predicted molar refractivity (Wildman–Crippen MR) is 115 cm³/mol. The van der Waals surface area contributed by atoms with Crippen molar-refractivity contribution in [2.24, 2.45) is 7.05 Å². The molecule has 9 nitrogen and oxygen atoms in total. The minimum Gasteiger partial charge on any atom is -0.379 e. The van der Waals surface area contributed by atoms with E-state index in [2.05, 4.69) is 9.88 Å². The number of nitrogens with zero attached hydrogens (tertiary/aromatic N) is 6. The summed E-state index contributed by atoms with van der Waals surface area (Å²) in [6.07, 6.45) is 0.811. The van der Waals surface area contributed by atoms with Crippen LogP contribution < -0.4 is 16.1 Å². The first-order valence-electron chi connectivity index (χ1n) is 10.6. The highest BCUT2D eigenvalue weighted by atomic mass is 19.1. The molecule has 1 saturated heterocycles. The largest absolute Gasteiger partial charge is 0.379 e. The Balaban J connectivity index is 1.57. The number of aryl methyl sites for hydroxylation is 2. The minimum absolute atomic E-state index is 0.306. The number of imidazole rings is 1. The molecule has 3 aromatic rings. The summed E-state index contributed by atoms with van der Waals surface area (Å²) in [6.45, 7) is 5.21. The van der Waals surface area contributed by atoms with Gasteiger partial charge in [-0.05, 0) is 30.7 Å². The van der Waals surface area contributed by atoms with Gasteiger partial charge in [0.05, 0.1) is 13.2 Å². The van der Waals surface area contributed by atoms with Crippen molar-refractivity contribution in [1.82, 2.24) is 23.6 Å². The maximum absolute atomic E-state index is 13.4. The van der Waals surface area contributed by atoms with E-state index in [9.17, 15) is 14.0 Å². The van der Waals surface area contributed by atoms with Gasteiger partial charge in [0, 0.05) is 52.0 Å². The normalized spacial score (nSPS) is 17.3. The number of benzene rings is 1. The van der Waals surface area contributed by atoms with Crippen LogP contribution in [0.15, 0.2) is 33.9 Å². The second kappa shape index (κ2) is 7.93. The molecule has 0 amide bonds. The molecule has 2 aliphatic rings.